The first-order chi connectivity index (χ1) is 12.1. The van der Waals surface area contributed by atoms with Crippen LogP contribution in [0.3, 0.4) is 0 Å². The molecule has 25 heavy (non-hydrogen) atoms. The normalized spacial score (nSPS) is 18.2. The minimum absolute atomic E-state index is 0.533. The summed E-state index contributed by atoms with van der Waals surface area (Å²) in [7, 11) is 0. The third-order valence-electron chi connectivity index (χ3n) is 5.84. The Morgan fingerprint density at radius 3 is 2.00 bits per heavy atom. The molecule has 2 N–H and O–H groups in total. The van der Waals surface area contributed by atoms with E-state index in [4.69, 9.17) is 12.2 Å². The van der Waals surface area contributed by atoms with Crippen molar-refractivity contribution in [3.63, 3.8) is 0 Å². The van der Waals surface area contributed by atoms with Crippen molar-refractivity contribution in [2.75, 3.05) is 5.32 Å². The first-order valence-corrected chi connectivity index (χ1v) is 10.7. The largest absolute Gasteiger partial charge is 0.360 e. The minimum Gasteiger partial charge on any atom is -0.360 e. The number of anilines is 1. The SMILES string of the molecule is CCC(C)c1cccc(C(C)CC)c1NC(=S)NC1CCCCCC1. The molecule has 2 nitrogen and oxygen atoms in total. The lowest BCUT2D eigenvalue weighted by molar-refractivity contribution is 0.535. The molecule has 2 rings (SSSR count). The molecule has 1 aromatic rings. The summed E-state index contributed by atoms with van der Waals surface area (Å²) in [6, 6.07) is 7.26. The molecule has 1 aromatic carbocycles. The van der Waals surface area contributed by atoms with Crippen LogP contribution in [0.15, 0.2) is 18.2 Å². The van der Waals surface area contributed by atoms with E-state index in [-0.39, 0.29) is 0 Å². The highest BCUT2D eigenvalue weighted by molar-refractivity contribution is 7.80. The van der Waals surface area contributed by atoms with E-state index in [2.05, 4.69) is 56.5 Å². The zero-order chi connectivity index (χ0) is 18.2. The van der Waals surface area contributed by atoms with Crippen LogP contribution in [0.25, 0.3) is 0 Å². The predicted molar refractivity (Wildman–Crippen MR) is 115 cm³/mol. The highest BCUT2D eigenvalue weighted by Gasteiger charge is 2.18. The Labute approximate surface area is 160 Å². The summed E-state index contributed by atoms with van der Waals surface area (Å²) in [6.07, 6.45) is 10.1. The number of benzene rings is 1. The van der Waals surface area contributed by atoms with Gasteiger partial charge in [-0.05, 0) is 60.9 Å². The number of rotatable bonds is 6. The van der Waals surface area contributed by atoms with Gasteiger partial charge in [-0.15, -0.1) is 0 Å². The first kappa shape index (κ1) is 20.2. The Balaban J connectivity index is 2.18. The number of hydrogen-bond donors (Lipinski definition) is 2. The lowest BCUT2D eigenvalue weighted by atomic mass is 9.89. The van der Waals surface area contributed by atoms with Crippen LogP contribution < -0.4 is 10.6 Å². The third-order valence-corrected chi connectivity index (χ3v) is 6.06. The zero-order valence-corrected chi connectivity index (χ0v) is 17.3. The monoisotopic (exact) mass is 360 g/mol. The van der Waals surface area contributed by atoms with Crippen LogP contribution in [0.1, 0.15) is 102 Å². The average Bonchev–Trinajstić information content (AvgIpc) is 2.89. The van der Waals surface area contributed by atoms with E-state index in [1.54, 1.807) is 0 Å². The van der Waals surface area contributed by atoms with Crippen LogP contribution >= 0.6 is 12.2 Å². The topological polar surface area (TPSA) is 24.1 Å². The Bertz CT molecular complexity index is 519. The average molecular weight is 361 g/mol. The molecule has 0 aliphatic heterocycles. The second-order valence-electron chi connectivity index (χ2n) is 7.72. The maximum absolute atomic E-state index is 5.70. The van der Waals surface area contributed by atoms with Gasteiger partial charge < -0.3 is 10.6 Å². The van der Waals surface area contributed by atoms with Gasteiger partial charge in [0.15, 0.2) is 5.11 Å². The van der Waals surface area contributed by atoms with Gasteiger partial charge in [-0.3, -0.25) is 0 Å². The molecule has 2 unspecified atom stereocenters. The fourth-order valence-electron chi connectivity index (χ4n) is 3.75. The molecule has 3 heteroatoms. The maximum atomic E-state index is 5.70. The summed E-state index contributed by atoms with van der Waals surface area (Å²) >= 11 is 5.70. The Hall–Kier alpha value is -1.09. The summed E-state index contributed by atoms with van der Waals surface area (Å²) in [6.45, 7) is 9.13. The summed E-state index contributed by atoms with van der Waals surface area (Å²) in [4.78, 5) is 0. The van der Waals surface area contributed by atoms with Crippen molar-refractivity contribution in [3.8, 4) is 0 Å². The highest BCUT2D eigenvalue weighted by atomic mass is 32.1. The number of para-hydroxylation sites is 1. The summed E-state index contributed by atoms with van der Waals surface area (Å²) < 4.78 is 0. The van der Waals surface area contributed by atoms with Gasteiger partial charge in [-0.1, -0.05) is 71.6 Å². The van der Waals surface area contributed by atoms with E-state index < -0.39 is 0 Å². The lowest BCUT2D eigenvalue weighted by Gasteiger charge is -2.25. The van der Waals surface area contributed by atoms with Gasteiger partial charge >= 0.3 is 0 Å². The molecule has 0 aromatic heterocycles. The van der Waals surface area contributed by atoms with Crippen LogP contribution in [0.5, 0.6) is 0 Å². The van der Waals surface area contributed by atoms with Gasteiger partial charge in [0.25, 0.3) is 0 Å². The van der Waals surface area contributed by atoms with Gasteiger partial charge in [-0.2, -0.15) is 0 Å². The van der Waals surface area contributed by atoms with E-state index in [9.17, 15) is 0 Å². The van der Waals surface area contributed by atoms with Crippen LogP contribution in [0.2, 0.25) is 0 Å². The van der Waals surface area contributed by atoms with Crippen molar-refractivity contribution in [3.05, 3.63) is 29.3 Å². The molecular formula is C22H36N2S. The number of thiocarbonyl (C=S) groups is 1. The summed E-state index contributed by atoms with van der Waals surface area (Å²) in [5.41, 5.74) is 4.04. The summed E-state index contributed by atoms with van der Waals surface area (Å²) in [5.74, 6) is 1.07. The van der Waals surface area contributed by atoms with Crippen molar-refractivity contribution < 1.29 is 0 Å². The van der Waals surface area contributed by atoms with E-state index in [1.165, 1.54) is 55.3 Å². The second kappa shape index (κ2) is 10.2. The van der Waals surface area contributed by atoms with Crippen LogP contribution in [-0.4, -0.2) is 11.2 Å². The van der Waals surface area contributed by atoms with Gasteiger partial charge in [0.05, 0.1) is 0 Å². The first-order valence-electron chi connectivity index (χ1n) is 10.3. The fourth-order valence-corrected chi connectivity index (χ4v) is 4.02. The Kier molecular flexibility index (Phi) is 8.21. The van der Waals surface area contributed by atoms with Crippen molar-refractivity contribution in [2.45, 2.75) is 96.9 Å². The smallest absolute Gasteiger partial charge is 0.171 e. The van der Waals surface area contributed by atoms with E-state index >= 15 is 0 Å². The molecule has 0 heterocycles. The van der Waals surface area contributed by atoms with E-state index in [0.29, 0.717) is 17.9 Å². The molecule has 1 aliphatic rings. The number of hydrogen-bond acceptors (Lipinski definition) is 1. The molecular weight excluding hydrogens is 324 g/mol. The predicted octanol–water partition coefficient (Wildman–Crippen LogP) is 6.72. The molecule has 140 valence electrons. The van der Waals surface area contributed by atoms with Crippen LogP contribution in [0, 0.1) is 0 Å². The van der Waals surface area contributed by atoms with Gasteiger partial charge in [0.1, 0.15) is 0 Å². The molecule has 0 spiro atoms. The molecule has 1 fully saturated rings. The minimum atomic E-state index is 0.533. The van der Waals surface area contributed by atoms with Crippen molar-refractivity contribution in [1.29, 1.82) is 0 Å². The molecule has 0 amide bonds. The summed E-state index contributed by atoms with van der Waals surface area (Å²) in [5, 5.41) is 7.99. The van der Waals surface area contributed by atoms with Crippen molar-refractivity contribution in [1.82, 2.24) is 5.32 Å². The maximum Gasteiger partial charge on any atom is 0.171 e. The molecule has 1 aliphatic carbocycles. The third kappa shape index (κ3) is 5.70. The molecule has 1 saturated carbocycles. The standard InChI is InChI=1S/C22H36N2S/c1-5-16(3)19-14-11-15-20(17(4)6-2)21(19)24-22(25)23-18-12-9-7-8-10-13-18/h11,14-18H,5-10,12-13H2,1-4H3,(H2,23,24,25). The Morgan fingerprint density at radius 1 is 1.00 bits per heavy atom. The lowest BCUT2D eigenvalue weighted by Crippen LogP contribution is -2.37. The zero-order valence-electron chi connectivity index (χ0n) is 16.5. The van der Waals surface area contributed by atoms with Crippen LogP contribution in [0.4, 0.5) is 5.69 Å². The highest BCUT2D eigenvalue weighted by Crippen LogP contribution is 2.35. The fraction of sp³-hybridized carbons (Fsp3) is 0.682. The number of nitrogens with one attached hydrogen (secondary N) is 2. The van der Waals surface area contributed by atoms with Gasteiger partial charge in [0.2, 0.25) is 0 Å². The van der Waals surface area contributed by atoms with E-state index in [0.717, 1.165) is 18.0 Å². The van der Waals surface area contributed by atoms with E-state index in [1.807, 2.05) is 0 Å². The molecule has 0 saturated heterocycles. The molecule has 2 atom stereocenters. The molecule has 0 radical (unpaired) electrons. The van der Waals surface area contributed by atoms with Gasteiger partial charge in [-0.25, -0.2) is 0 Å². The Morgan fingerprint density at radius 2 is 1.52 bits per heavy atom. The van der Waals surface area contributed by atoms with Crippen molar-refractivity contribution >= 4 is 23.0 Å². The van der Waals surface area contributed by atoms with Crippen molar-refractivity contribution in [2.24, 2.45) is 0 Å². The van der Waals surface area contributed by atoms with Gasteiger partial charge in [0, 0.05) is 11.7 Å². The molecule has 0 bridgehead atoms. The quantitative estimate of drug-likeness (QED) is 0.435. The van der Waals surface area contributed by atoms with Crippen LogP contribution in [-0.2, 0) is 0 Å². The second-order valence-corrected chi connectivity index (χ2v) is 8.13.